The molecule has 1 heterocycles. The molecule has 0 spiro atoms. The van der Waals surface area contributed by atoms with E-state index in [1.165, 1.54) is 0 Å². The summed E-state index contributed by atoms with van der Waals surface area (Å²) >= 11 is 6.47. The van der Waals surface area contributed by atoms with Crippen LogP contribution in [0.1, 0.15) is 59.3 Å². The molecule has 0 bridgehead atoms. The maximum absolute atomic E-state index is 14.1. The fourth-order valence-corrected chi connectivity index (χ4v) is 7.35. The number of imidazole rings is 1. The van der Waals surface area contributed by atoms with E-state index in [9.17, 15) is 13.2 Å². The van der Waals surface area contributed by atoms with Crippen molar-refractivity contribution in [3.05, 3.63) is 112 Å². The van der Waals surface area contributed by atoms with E-state index in [2.05, 4.69) is 9.71 Å². The number of halogens is 1. The highest BCUT2D eigenvalue weighted by molar-refractivity contribution is 7.89. The second-order valence-electron chi connectivity index (χ2n) is 11.1. The number of sulfonamides is 1. The zero-order valence-electron chi connectivity index (χ0n) is 23.1. The number of rotatable bonds is 8. The predicted octanol–water partition coefficient (Wildman–Crippen LogP) is 6.07. The molecule has 6 rings (SSSR count). The van der Waals surface area contributed by atoms with Crippen molar-refractivity contribution in [2.75, 3.05) is 4.90 Å². The van der Waals surface area contributed by atoms with Crippen LogP contribution in [0.25, 0.3) is 0 Å². The largest absolute Gasteiger partial charge is 0.337 e. The van der Waals surface area contributed by atoms with E-state index in [4.69, 9.17) is 11.6 Å². The summed E-state index contributed by atoms with van der Waals surface area (Å²) in [5.41, 5.74) is 4.76. The van der Waals surface area contributed by atoms with Gasteiger partial charge in [-0.25, -0.2) is 18.1 Å². The first-order valence-corrected chi connectivity index (χ1v) is 15.8. The van der Waals surface area contributed by atoms with Crippen LogP contribution in [0.15, 0.2) is 84.0 Å². The van der Waals surface area contributed by atoms with Gasteiger partial charge in [0.2, 0.25) is 15.9 Å². The Labute approximate surface area is 246 Å². The molecule has 1 fully saturated rings. The summed E-state index contributed by atoms with van der Waals surface area (Å²) < 4.78 is 31.4. The standard InChI is InChI=1S/C32H33ClN4O3S/c1-21-10-14-24(15-11-21)41(39,40)35-30-9-5-6-22-12-13-23(18-26(22)30)37(20-31-34-16-17-36(31)2)32(38)28-19-27(28)25-7-3-4-8-29(25)33/h3-4,7-8,10-18,27-28,30,35H,5-6,9,19-20H2,1-2H3/t27-,28+,30+/m0/s1. The molecule has 41 heavy (non-hydrogen) atoms. The average Bonchev–Trinajstić information content (AvgIpc) is 3.65. The lowest BCUT2D eigenvalue weighted by molar-refractivity contribution is -0.120. The molecule has 1 N–H and O–H groups in total. The number of nitrogens with one attached hydrogen (secondary N) is 1. The molecule has 1 aromatic heterocycles. The Bertz CT molecular complexity index is 1700. The molecule has 9 heteroatoms. The summed E-state index contributed by atoms with van der Waals surface area (Å²) in [6, 6.07) is 20.2. The Kier molecular flexibility index (Phi) is 7.49. The van der Waals surface area contributed by atoms with Crippen LogP contribution in [-0.2, 0) is 34.8 Å². The van der Waals surface area contributed by atoms with Crippen molar-refractivity contribution in [3.63, 3.8) is 0 Å². The number of benzene rings is 3. The minimum absolute atomic E-state index is 0.0189. The van der Waals surface area contributed by atoms with Crippen molar-refractivity contribution in [3.8, 4) is 0 Å². The van der Waals surface area contributed by atoms with E-state index in [-0.39, 0.29) is 28.7 Å². The maximum Gasteiger partial charge on any atom is 0.241 e. The molecule has 212 valence electrons. The van der Waals surface area contributed by atoms with E-state index in [1.54, 1.807) is 35.4 Å². The van der Waals surface area contributed by atoms with Gasteiger partial charge in [0.1, 0.15) is 5.82 Å². The fourth-order valence-electron chi connectivity index (χ4n) is 5.82. The molecule has 3 aromatic carbocycles. The molecule has 0 radical (unpaired) electrons. The number of hydrogen-bond donors (Lipinski definition) is 1. The normalized spacial score (nSPS) is 19.9. The fraction of sp³-hybridized carbons (Fsp3) is 0.312. The van der Waals surface area contributed by atoms with Gasteiger partial charge < -0.3 is 9.47 Å². The van der Waals surface area contributed by atoms with Crippen LogP contribution in [-0.4, -0.2) is 23.9 Å². The van der Waals surface area contributed by atoms with E-state index in [1.807, 2.05) is 67.2 Å². The van der Waals surface area contributed by atoms with E-state index in [0.717, 1.165) is 53.0 Å². The van der Waals surface area contributed by atoms with Crippen LogP contribution in [0.4, 0.5) is 5.69 Å². The van der Waals surface area contributed by atoms with Crippen molar-refractivity contribution >= 4 is 33.2 Å². The Balaban J connectivity index is 1.32. The van der Waals surface area contributed by atoms with Crippen LogP contribution < -0.4 is 9.62 Å². The molecule has 0 aliphatic heterocycles. The van der Waals surface area contributed by atoms with Gasteiger partial charge in [0, 0.05) is 42.1 Å². The number of anilines is 1. The summed E-state index contributed by atoms with van der Waals surface area (Å²) in [5.74, 6) is 0.682. The van der Waals surface area contributed by atoms with Gasteiger partial charge in [0.05, 0.1) is 11.4 Å². The Morgan fingerprint density at radius 3 is 2.61 bits per heavy atom. The van der Waals surface area contributed by atoms with Crippen LogP contribution in [0.5, 0.6) is 0 Å². The third-order valence-corrected chi connectivity index (χ3v) is 10.1. The smallest absolute Gasteiger partial charge is 0.241 e. The zero-order valence-corrected chi connectivity index (χ0v) is 24.7. The molecule has 2 aliphatic rings. The van der Waals surface area contributed by atoms with Gasteiger partial charge in [-0.3, -0.25) is 4.79 Å². The molecule has 3 atom stereocenters. The molecule has 4 aromatic rings. The SMILES string of the molecule is Cc1ccc(S(=O)(=O)N[C@@H]2CCCc3ccc(N(Cc4nccn4C)C(=O)[C@@H]4C[C@H]4c4ccccc4Cl)cc32)cc1. The lowest BCUT2D eigenvalue weighted by Gasteiger charge is -2.29. The van der Waals surface area contributed by atoms with Gasteiger partial charge in [-0.15, -0.1) is 0 Å². The second kappa shape index (κ2) is 11.1. The lowest BCUT2D eigenvalue weighted by atomic mass is 9.87. The topological polar surface area (TPSA) is 84.3 Å². The number of carbonyl (C=O) groups is 1. The maximum atomic E-state index is 14.1. The molecule has 2 aliphatic carbocycles. The average molecular weight is 589 g/mol. The number of aromatic nitrogens is 2. The molecule has 1 amide bonds. The number of carbonyl (C=O) groups excluding carboxylic acids is 1. The molecular weight excluding hydrogens is 556 g/mol. The van der Waals surface area contributed by atoms with Crippen LogP contribution in [0.2, 0.25) is 5.02 Å². The first-order valence-electron chi connectivity index (χ1n) is 13.9. The van der Waals surface area contributed by atoms with Gasteiger partial charge >= 0.3 is 0 Å². The van der Waals surface area contributed by atoms with Gasteiger partial charge in [0.25, 0.3) is 0 Å². The summed E-state index contributed by atoms with van der Waals surface area (Å²) in [5, 5.41) is 0.681. The third-order valence-electron chi connectivity index (χ3n) is 8.28. The first-order chi connectivity index (χ1) is 19.7. The highest BCUT2D eigenvalue weighted by Gasteiger charge is 2.47. The van der Waals surface area contributed by atoms with E-state index < -0.39 is 10.0 Å². The lowest BCUT2D eigenvalue weighted by Crippen LogP contribution is -2.34. The van der Waals surface area contributed by atoms with Crippen molar-refractivity contribution in [1.82, 2.24) is 14.3 Å². The minimum Gasteiger partial charge on any atom is -0.337 e. The number of hydrogen-bond acceptors (Lipinski definition) is 4. The van der Waals surface area contributed by atoms with Crippen LogP contribution >= 0.6 is 11.6 Å². The van der Waals surface area contributed by atoms with Crippen molar-refractivity contribution in [1.29, 1.82) is 0 Å². The summed E-state index contributed by atoms with van der Waals surface area (Å²) in [7, 11) is -1.80. The molecule has 0 unspecified atom stereocenters. The summed E-state index contributed by atoms with van der Waals surface area (Å²) in [4.78, 5) is 20.6. The highest BCUT2D eigenvalue weighted by atomic mass is 35.5. The predicted molar refractivity (Wildman–Crippen MR) is 160 cm³/mol. The quantitative estimate of drug-likeness (QED) is 0.271. The number of aryl methyl sites for hydroxylation is 3. The molecular formula is C32H33ClN4O3S. The van der Waals surface area contributed by atoms with Crippen LogP contribution in [0.3, 0.4) is 0 Å². The van der Waals surface area contributed by atoms with Crippen LogP contribution in [0, 0.1) is 12.8 Å². The molecule has 7 nitrogen and oxygen atoms in total. The summed E-state index contributed by atoms with van der Waals surface area (Å²) in [6.07, 6.45) is 6.76. The van der Waals surface area contributed by atoms with Gasteiger partial charge in [-0.2, -0.15) is 0 Å². The van der Waals surface area contributed by atoms with Gasteiger partial charge in [-0.05, 0) is 85.5 Å². The van der Waals surface area contributed by atoms with Gasteiger partial charge in [-0.1, -0.05) is 53.6 Å². The highest BCUT2D eigenvalue weighted by Crippen LogP contribution is 2.51. The van der Waals surface area contributed by atoms with Gasteiger partial charge in [0.15, 0.2) is 0 Å². The summed E-state index contributed by atoms with van der Waals surface area (Å²) in [6.45, 7) is 2.24. The molecule has 1 saturated carbocycles. The monoisotopic (exact) mass is 588 g/mol. The Morgan fingerprint density at radius 2 is 1.88 bits per heavy atom. The number of nitrogens with zero attached hydrogens (tertiary/aromatic N) is 3. The second-order valence-corrected chi connectivity index (χ2v) is 13.2. The van der Waals surface area contributed by atoms with Crippen molar-refractivity contribution < 1.29 is 13.2 Å². The molecule has 0 saturated heterocycles. The third kappa shape index (κ3) is 5.69. The Hall–Kier alpha value is -3.46. The van der Waals surface area contributed by atoms with Crippen molar-refractivity contribution in [2.24, 2.45) is 13.0 Å². The number of fused-ring (bicyclic) bond motifs is 1. The minimum atomic E-state index is -3.72. The van der Waals surface area contributed by atoms with Crippen molar-refractivity contribution in [2.45, 2.75) is 56.0 Å². The Morgan fingerprint density at radius 1 is 1.10 bits per heavy atom. The van der Waals surface area contributed by atoms with E-state index >= 15 is 0 Å². The first kappa shape index (κ1) is 27.7. The number of amides is 1. The van der Waals surface area contributed by atoms with E-state index in [0.29, 0.717) is 18.0 Å². The zero-order chi connectivity index (χ0) is 28.7.